The van der Waals surface area contributed by atoms with E-state index >= 15 is 0 Å². The summed E-state index contributed by atoms with van der Waals surface area (Å²) >= 11 is 0. The third kappa shape index (κ3) is 4.27. The zero-order valence-electron chi connectivity index (χ0n) is 17.1. The minimum Gasteiger partial charge on any atom is -0.459 e. The summed E-state index contributed by atoms with van der Waals surface area (Å²) in [5.74, 6) is 2.19. The van der Waals surface area contributed by atoms with E-state index in [1.807, 2.05) is 48.7 Å². The lowest BCUT2D eigenvalue weighted by atomic mass is 10.1. The number of fused-ring (bicyclic) bond motifs is 1. The van der Waals surface area contributed by atoms with Crippen LogP contribution in [0.25, 0.3) is 33.4 Å². The lowest BCUT2D eigenvalue weighted by molar-refractivity contribution is 0.602. The zero-order valence-corrected chi connectivity index (χ0v) is 18.0. The van der Waals surface area contributed by atoms with Gasteiger partial charge >= 0.3 is 0 Å². The lowest BCUT2D eigenvalue weighted by Crippen LogP contribution is -1.96. The predicted octanol–water partition coefficient (Wildman–Crippen LogP) is 5.79. The van der Waals surface area contributed by atoms with E-state index in [1.165, 1.54) is 0 Å². The van der Waals surface area contributed by atoms with Crippen LogP contribution in [0.2, 0.25) is 0 Å². The predicted molar refractivity (Wildman–Crippen MR) is 126 cm³/mol. The molecule has 3 aromatic heterocycles. The summed E-state index contributed by atoms with van der Waals surface area (Å²) in [6.07, 6.45) is 5.44. The van der Waals surface area contributed by atoms with Gasteiger partial charge in [-0.25, -0.2) is 9.97 Å². The van der Waals surface area contributed by atoms with Crippen molar-refractivity contribution in [2.24, 2.45) is 0 Å². The number of aromatic nitrogens is 5. The van der Waals surface area contributed by atoms with Crippen LogP contribution in [-0.4, -0.2) is 38.5 Å². The molecule has 0 radical (unpaired) electrons. The molecule has 0 aliphatic heterocycles. The van der Waals surface area contributed by atoms with E-state index in [4.69, 9.17) is 9.51 Å². The second-order valence-electron chi connectivity index (χ2n) is 7.29. The van der Waals surface area contributed by atoms with Gasteiger partial charge < -0.3 is 14.8 Å². The molecule has 0 atom stereocenters. The Balaban J connectivity index is 1.37. The molecular formula is C23H21N6OP. The number of nitrogens with one attached hydrogen (secondary N) is 3. The molecule has 0 saturated heterocycles. The molecule has 0 aliphatic carbocycles. The van der Waals surface area contributed by atoms with Crippen molar-refractivity contribution in [1.82, 2.24) is 25.1 Å². The van der Waals surface area contributed by atoms with Crippen molar-refractivity contribution in [3.05, 3.63) is 73.2 Å². The summed E-state index contributed by atoms with van der Waals surface area (Å²) in [5, 5.41) is 11.3. The molecule has 2 aromatic carbocycles. The first kappa shape index (κ1) is 19.3. The van der Waals surface area contributed by atoms with Gasteiger partial charge in [-0.2, -0.15) is 5.10 Å². The quantitative estimate of drug-likeness (QED) is 0.298. The topological polar surface area (TPSA) is 91.5 Å². The van der Waals surface area contributed by atoms with Crippen LogP contribution in [0.4, 0.5) is 11.5 Å². The third-order valence-corrected chi connectivity index (χ3v) is 5.34. The molecular weight excluding hydrogens is 407 g/mol. The first-order chi connectivity index (χ1) is 15.1. The molecule has 8 heteroatoms. The van der Waals surface area contributed by atoms with Crippen LogP contribution < -0.4 is 9.84 Å². The minimum absolute atomic E-state index is 0.476. The van der Waals surface area contributed by atoms with Gasteiger partial charge in [-0.1, -0.05) is 24.3 Å². The zero-order chi connectivity index (χ0) is 21.2. The SMILES string of the molecule is CP(C)Oc1cc2ccc(-c3nccc(Nc4ccc(-c5cn[nH]c5)cc4)n3)cc2[nH]1. The molecule has 0 unspecified atom stereocenters. The Bertz CT molecular complexity index is 1310. The van der Waals surface area contributed by atoms with E-state index in [2.05, 4.69) is 50.9 Å². The van der Waals surface area contributed by atoms with Crippen molar-refractivity contribution >= 4 is 30.6 Å². The normalized spacial score (nSPS) is 11.2. The van der Waals surface area contributed by atoms with Crippen LogP contribution in [0.3, 0.4) is 0 Å². The number of rotatable bonds is 6. The Kier molecular flexibility index (Phi) is 5.10. The molecule has 3 N–H and O–H groups in total. The number of aromatic amines is 2. The van der Waals surface area contributed by atoms with Crippen molar-refractivity contribution in [2.45, 2.75) is 0 Å². The Morgan fingerprint density at radius 1 is 0.935 bits per heavy atom. The highest BCUT2D eigenvalue weighted by molar-refractivity contribution is 7.51. The maximum atomic E-state index is 5.83. The number of anilines is 2. The fourth-order valence-electron chi connectivity index (χ4n) is 3.36. The van der Waals surface area contributed by atoms with E-state index in [-0.39, 0.29) is 0 Å². The first-order valence-corrected chi connectivity index (χ1v) is 12.0. The maximum absolute atomic E-state index is 5.83. The molecule has 0 fully saturated rings. The smallest absolute Gasteiger partial charge is 0.194 e. The summed E-state index contributed by atoms with van der Waals surface area (Å²) in [6, 6.07) is 18.2. The molecule has 31 heavy (non-hydrogen) atoms. The molecule has 0 bridgehead atoms. The number of benzene rings is 2. The van der Waals surface area contributed by atoms with Gasteiger partial charge in [-0.15, -0.1) is 0 Å². The molecule has 0 saturated carbocycles. The van der Waals surface area contributed by atoms with Gasteiger partial charge in [0, 0.05) is 46.2 Å². The molecule has 5 rings (SSSR count). The van der Waals surface area contributed by atoms with E-state index in [9.17, 15) is 0 Å². The van der Waals surface area contributed by atoms with Crippen LogP contribution in [0, 0.1) is 0 Å². The number of hydrogen-bond donors (Lipinski definition) is 3. The van der Waals surface area contributed by atoms with Gasteiger partial charge in [-0.3, -0.25) is 5.10 Å². The van der Waals surface area contributed by atoms with Crippen LogP contribution in [-0.2, 0) is 0 Å². The van der Waals surface area contributed by atoms with Crippen molar-refractivity contribution in [2.75, 3.05) is 18.6 Å². The standard InChI is InChI=1S/C23H21N6OP/c1-31(2)30-22-12-16-3-4-17(11-20(16)28-22)23-24-10-9-21(29-23)27-19-7-5-15(6-8-19)18-13-25-26-14-18/h3-14,28H,1-2H3,(H,25,26)(H,24,27,29). The van der Waals surface area contributed by atoms with Gasteiger partial charge in [0.25, 0.3) is 0 Å². The fraction of sp³-hybridized carbons (Fsp3) is 0.0870. The van der Waals surface area contributed by atoms with E-state index in [1.54, 1.807) is 12.4 Å². The third-order valence-electron chi connectivity index (χ3n) is 4.78. The van der Waals surface area contributed by atoms with E-state index < -0.39 is 8.15 Å². The Labute approximate surface area is 180 Å². The summed E-state index contributed by atoms with van der Waals surface area (Å²) < 4.78 is 5.83. The second-order valence-corrected chi connectivity index (χ2v) is 9.10. The van der Waals surface area contributed by atoms with Crippen molar-refractivity contribution in [1.29, 1.82) is 0 Å². The van der Waals surface area contributed by atoms with E-state index in [0.717, 1.165) is 45.0 Å². The van der Waals surface area contributed by atoms with Gasteiger partial charge in [0.2, 0.25) is 0 Å². The largest absolute Gasteiger partial charge is 0.459 e. The van der Waals surface area contributed by atoms with Gasteiger partial charge in [-0.05, 0) is 43.2 Å². The van der Waals surface area contributed by atoms with Crippen LogP contribution >= 0.6 is 8.15 Å². The molecule has 5 aromatic rings. The van der Waals surface area contributed by atoms with Crippen LogP contribution in [0.1, 0.15) is 0 Å². The van der Waals surface area contributed by atoms with Gasteiger partial charge in [0.05, 0.1) is 14.3 Å². The summed E-state index contributed by atoms with van der Waals surface area (Å²) in [7, 11) is -0.476. The summed E-state index contributed by atoms with van der Waals surface area (Å²) in [5.41, 5.74) is 5.05. The lowest BCUT2D eigenvalue weighted by Gasteiger charge is -2.08. The molecule has 0 spiro atoms. The summed E-state index contributed by atoms with van der Waals surface area (Å²) in [4.78, 5) is 12.5. The Morgan fingerprint density at radius 3 is 2.55 bits per heavy atom. The second kappa shape index (κ2) is 8.20. The van der Waals surface area contributed by atoms with Crippen molar-refractivity contribution < 1.29 is 4.52 Å². The molecule has 154 valence electrons. The maximum Gasteiger partial charge on any atom is 0.194 e. The molecule has 3 heterocycles. The van der Waals surface area contributed by atoms with Gasteiger partial charge in [0.15, 0.2) is 11.7 Å². The van der Waals surface area contributed by atoms with E-state index in [0.29, 0.717) is 5.82 Å². The highest BCUT2D eigenvalue weighted by Crippen LogP contribution is 2.32. The average molecular weight is 428 g/mol. The molecule has 0 amide bonds. The highest BCUT2D eigenvalue weighted by atomic mass is 31.1. The average Bonchev–Trinajstić information content (AvgIpc) is 3.43. The highest BCUT2D eigenvalue weighted by Gasteiger charge is 2.08. The van der Waals surface area contributed by atoms with Crippen molar-refractivity contribution in [3.8, 4) is 28.4 Å². The molecule has 0 aliphatic rings. The number of H-pyrrole nitrogens is 2. The monoisotopic (exact) mass is 428 g/mol. The fourth-order valence-corrected chi connectivity index (χ4v) is 3.85. The first-order valence-electron chi connectivity index (χ1n) is 9.82. The van der Waals surface area contributed by atoms with Gasteiger partial charge in [0.1, 0.15) is 5.82 Å². The minimum atomic E-state index is -0.476. The Morgan fingerprint density at radius 2 is 1.77 bits per heavy atom. The number of nitrogens with zero attached hydrogens (tertiary/aromatic N) is 3. The molecule has 7 nitrogen and oxygen atoms in total. The Hall–Kier alpha value is -3.70. The van der Waals surface area contributed by atoms with Crippen molar-refractivity contribution in [3.63, 3.8) is 0 Å². The number of hydrogen-bond acceptors (Lipinski definition) is 5. The van der Waals surface area contributed by atoms with Crippen LogP contribution in [0.5, 0.6) is 5.88 Å². The van der Waals surface area contributed by atoms with Crippen LogP contribution in [0.15, 0.2) is 73.2 Å². The summed E-state index contributed by atoms with van der Waals surface area (Å²) in [6.45, 7) is 4.15.